The van der Waals surface area contributed by atoms with Crippen LogP contribution in [0.3, 0.4) is 0 Å². The highest BCUT2D eigenvalue weighted by Gasteiger charge is 2.30. The van der Waals surface area contributed by atoms with Crippen molar-refractivity contribution in [2.24, 2.45) is 0 Å². The minimum atomic E-state index is -4.37. The molecule has 0 unspecified atom stereocenters. The lowest BCUT2D eigenvalue weighted by Crippen LogP contribution is -2.05. The molecule has 2 aromatic carbocycles. The summed E-state index contributed by atoms with van der Waals surface area (Å²) in [5.41, 5.74) is 0.525. The fraction of sp³-hybridized carbons (Fsp3) is 0.158. The van der Waals surface area contributed by atoms with Gasteiger partial charge in [0.05, 0.1) is 10.6 Å². The number of benzene rings is 2. The van der Waals surface area contributed by atoms with Gasteiger partial charge in [-0.25, -0.2) is 0 Å². The lowest BCUT2D eigenvalue weighted by Gasteiger charge is -2.10. The van der Waals surface area contributed by atoms with Crippen LogP contribution in [0.2, 0.25) is 10.0 Å². The van der Waals surface area contributed by atoms with Gasteiger partial charge in [0.2, 0.25) is 0 Å². The molecule has 0 aliphatic heterocycles. The molecule has 0 saturated heterocycles. The first kappa shape index (κ1) is 20.8. The molecule has 1 aromatic heterocycles. The van der Waals surface area contributed by atoms with E-state index in [9.17, 15) is 13.2 Å². The fourth-order valence-electron chi connectivity index (χ4n) is 2.54. The summed E-state index contributed by atoms with van der Waals surface area (Å²) in [6, 6.07) is 10.3. The summed E-state index contributed by atoms with van der Waals surface area (Å²) >= 11 is 13.5. The van der Waals surface area contributed by atoms with Crippen LogP contribution < -0.4 is 0 Å². The molecule has 28 heavy (non-hydrogen) atoms. The first-order valence-corrected chi connectivity index (χ1v) is 9.82. The van der Waals surface area contributed by atoms with E-state index in [1.54, 1.807) is 34.9 Å². The second kappa shape index (κ2) is 8.59. The molecule has 3 aromatic rings. The van der Waals surface area contributed by atoms with Gasteiger partial charge in [-0.1, -0.05) is 59.2 Å². The Kier molecular flexibility index (Phi) is 6.37. The number of hydrogen-bond acceptors (Lipinski definition) is 3. The number of nitrogens with zero attached hydrogens (tertiary/aromatic N) is 3. The third-order valence-electron chi connectivity index (χ3n) is 3.82. The van der Waals surface area contributed by atoms with Crippen molar-refractivity contribution in [2.75, 3.05) is 0 Å². The number of aromatic nitrogens is 3. The molecule has 0 atom stereocenters. The van der Waals surface area contributed by atoms with Gasteiger partial charge in [-0.15, -0.1) is 16.8 Å². The Morgan fingerprint density at radius 1 is 1.11 bits per heavy atom. The largest absolute Gasteiger partial charge is 0.416 e. The summed E-state index contributed by atoms with van der Waals surface area (Å²) in [7, 11) is 0. The maximum absolute atomic E-state index is 12.9. The van der Waals surface area contributed by atoms with Crippen molar-refractivity contribution in [2.45, 2.75) is 23.6 Å². The predicted molar refractivity (Wildman–Crippen MR) is 107 cm³/mol. The van der Waals surface area contributed by atoms with Gasteiger partial charge in [0.1, 0.15) is 0 Å². The summed E-state index contributed by atoms with van der Waals surface area (Å²) in [5.74, 6) is 0.848. The van der Waals surface area contributed by atoms with Gasteiger partial charge in [0, 0.05) is 22.9 Å². The van der Waals surface area contributed by atoms with Crippen molar-refractivity contribution in [3.05, 3.63) is 76.3 Å². The van der Waals surface area contributed by atoms with Gasteiger partial charge < -0.3 is 0 Å². The highest BCUT2D eigenvalue weighted by Crippen LogP contribution is 2.33. The van der Waals surface area contributed by atoms with Gasteiger partial charge >= 0.3 is 6.18 Å². The Hall–Kier alpha value is -1.96. The Balaban J connectivity index is 1.87. The van der Waals surface area contributed by atoms with E-state index in [0.29, 0.717) is 44.5 Å². The number of rotatable bonds is 6. The highest BCUT2D eigenvalue weighted by molar-refractivity contribution is 7.98. The monoisotopic (exact) mass is 443 g/mol. The van der Waals surface area contributed by atoms with E-state index in [4.69, 9.17) is 23.2 Å². The number of alkyl halides is 3. The Labute approximate surface area is 174 Å². The molecule has 0 spiro atoms. The molecule has 0 aliphatic carbocycles. The lowest BCUT2D eigenvalue weighted by atomic mass is 10.1. The number of halogens is 5. The summed E-state index contributed by atoms with van der Waals surface area (Å²) in [4.78, 5) is 0. The molecule has 0 amide bonds. The van der Waals surface area contributed by atoms with E-state index in [0.717, 1.165) is 12.1 Å². The second-order valence-electron chi connectivity index (χ2n) is 5.82. The summed E-state index contributed by atoms with van der Waals surface area (Å²) in [5, 5.41) is 9.86. The molecule has 0 radical (unpaired) electrons. The van der Waals surface area contributed by atoms with E-state index >= 15 is 0 Å². The topological polar surface area (TPSA) is 30.7 Å². The van der Waals surface area contributed by atoms with Crippen LogP contribution in [-0.2, 0) is 18.5 Å². The Bertz CT molecular complexity index is 1000. The first-order valence-electron chi connectivity index (χ1n) is 8.08. The molecule has 0 bridgehead atoms. The van der Waals surface area contributed by atoms with Gasteiger partial charge in [-0.2, -0.15) is 13.2 Å². The van der Waals surface area contributed by atoms with Crippen molar-refractivity contribution >= 4 is 35.0 Å². The fourth-order valence-corrected chi connectivity index (χ4v) is 3.93. The minimum absolute atomic E-state index is 0.313. The van der Waals surface area contributed by atoms with Crippen LogP contribution in [0, 0.1) is 0 Å². The zero-order valence-corrected chi connectivity index (χ0v) is 16.7. The third kappa shape index (κ3) is 4.71. The SMILES string of the molecule is C=CCn1c(SCc2cccc(C(F)(F)F)c2)nnc1-c1ccc(Cl)cc1Cl. The number of hydrogen-bond donors (Lipinski definition) is 0. The normalized spacial score (nSPS) is 11.6. The van der Waals surface area contributed by atoms with Crippen LogP contribution in [-0.4, -0.2) is 14.8 Å². The van der Waals surface area contributed by atoms with Crippen LogP contribution in [0.25, 0.3) is 11.4 Å². The molecule has 9 heteroatoms. The molecule has 0 saturated carbocycles. The Morgan fingerprint density at radius 3 is 2.57 bits per heavy atom. The zero-order valence-electron chi connectivity index (χ0n) is 14.4. The van der Waals surface area contributed by atoms with Crippen molar-refractivity contribution < 1.29 is 13.2 Å². The highest BCUT2D eigenvalue weighted by atomic mass is 35.5. The van der Waals surface area contributed by atoms with E-state index in [-0.39, 0.29) is 0 Å². The standard InChI is InChI=1S/C19H14Cl2F3N3S/c1-2-8-27-17(15-7-6-14(20)10-16(15)21)25-26-18(27)28-11-12-4-3-5-13(9-12)19(22,23)24/h2-7,9-10H,1,8,11H2. The van der Waals surface area contributed by atoms with Crippen LogP contribution >= 0.6 is 35.0 Å². The number of thioether (sulfide) groups is 1. The summed E-state index contributed by atoms with van der Waals surface area (Å²) in [6.45, 7) is 4.16. The van der Waals surface area contributed by atoms with Crippen LogP contribution in [0.15, 0.2) is 60.3 Å². The van der Waals surface area contributed by atoms with E-state index in [2.05, 4.69) is 16.8 Å². The van der Waals surface area contributed by atoms with Gasteiger partial charge in [-0.05, 0) is 29.8 Å². The Morgan fingerprint density at radius 2 is 1.89 bits per heavy atom. The molecule has 0 N–H and O–H groups in total. The van der Waals surface area contributed by atoms with Crippen molar-refractivity contribution in [3.8, 4) is 11.4 Å². The van der Waals surface area contributed by atoms with E-state index < -0.39 is 11.7 Å². The zero-order chi connectivity index (χ0) is 20.3. The predicted octanol–water partition coefficient (Wildman–Crippen LogP) is 6.75. The summed E-state index contributed by atoms with van der Waals surface area (Å²) < 4.78 is 40.5. The lowest BCUT2D eigenvalue weighted by molar-refractivity contribution is -0.137. The van der Waals surface area contributed by atoms with Gasteiger partial charge in [0.15, 0.2) is 11.0 Å². The van der Waals surface area contributed by atoms with Crippen LogP contribution in [0.4, 0.5) is 13.2 Å². The molecule has 0 aliphatic rings. The molecule has 1 heterocycles. The molecule has 146 valence electrons. The van der Waals surface area contributed by atoms with Gasteiger partial charge in [-0.3, -0.25) is 4.57 Å². The van der Waals surface area contributed by atoms with Gasteiger partial charge in [0.25, 0.3) is 0 Å². The molecular formula is C19H14Cl2F3N3S. The minimum Gasteiger partial charge on any atom is -0.298 e. The van der Waals surface area contributed by atoms with Crippen molar-refractivity contribution in [1.29, 1.82) is 0 Å². The molecular weight excluding hydrogens is 430 g/mol. The van der Waals surface area contributed by atoms with Crippen molar-refractivity contribution in [3.63, 3.8) is 0 Å². The maximum Gasteiger partial charge on any atom is 0.416 e. The van der Waals surface area contributed by atoms with Crippen LogP contribution in [0.5, 0.6) is 0 Å². The summed E-state index contributed by atoms with van der Waals surface area (Å²) in [6.07, 6.45) is -2.69. The van der Waals surface area contributed by atoms with Crippen LogP contribution in [0.1, 0.15) is 11.1 Å². The van der Waals surface area contributed by atoms with E-state index in [1.165, 1.54) is 17.8 Å². The molecule has 3 nitrogen and oxygen atoms in total. The second-order valence-corrected chi connectivity index (χ2v) is 7.60. The molecule has 3 rings (SSSR count). The number of allylic oxidation sites excluding steroid dienone is 1. The molecule has 0 fully saturated rings. The average Bonchev–Trinajstić information content (AvgIpc) is 3.02. The van der Waals surface area contributed by atoms with E-state index in [1.807, 2.05) is 0 Å². The quantitative estimate of drug-likeness (QED) is 0.311. The van der Waals surface area contributed by atoms with Crippen molar-refractivity contribution in [1.82, 2.24) is 14.8 Å². The average molecular weight is 444 g/mol. The first-order chi connectivity index (χ1) is 13.3. The third-order valence-corrected chi connectivity index (χ3v) is 5.41. The smallest absolute Gasteiger partial charge is 0.298 e. The maximum atomic E-state index is 12.9.